The second-order valence-corrected chi connectivity index (χ2v) is 21.7. The van der Waals surface area contributed by atoms with Gasteiger partial charge in [0.15, 0.2) is 6.10 Å². The lowest BCUT2D eigenvalue weighted by molar-refractivity contribution is -0.870. The molecule has 0 aromatic rings. The number of phosphoric ester groups is 1. The Morgan fingerprint density at radius 1 is 0.397 bits per heavy atom. The van der Waals surface area contributed by atoms with Crippen LogP contribution in [-0.2, 0) is 32.7 Å². The van der Waals surface area contributed by atoms with Gasteiger partial charge in [-0.15, -0.1) is 0 Å². The Bertz CT molecular complexity index is 1920. The molecule has 0 amide bonds. The van der Waals surface area contributed by atoms with Crippen molar-refractivity contribution in [2.45, 2.75) is 200 Å². The summed E-state index contributed by atoms with van der Waals surface area (Å²) in [5, 5.41) is 0. The van der Waals surface area contributed by atoms with Crippen LogP contribution in [0.3, 0.4) is 0 Å². The van der Waals surface area contributed by atoms with Crippen LogP contribution in [0.1, 0.15) is 194 Å². The molecule has 0 aliphatic heterocycles. The number of ether oxygens (including phenoxy) is 2. The zero-order valence-electron chi connectivity index (χ0n) is 49.6. The van der Waals surface area contributed by atoms with Gasteiger partial charge < -0.3 is 18.9 Å². The van der Waals surface area contributed by atoms with Gasteiger partial charge in [0.2, 0.25) is 0 Å². The summed E-state index contributed by atoms with van der Waals surface area (Å²) < 4.78 is 34.4. The summed E-state index contributed by atoms with van der Waals surface area (Å²) in [6.45, 7) is 4.07. The molecule has 2 unspecified atom stereocenters. The van der Waals surface area contributed by atoms with Gasteiger partial charge in [-0.3, -0.25) is 18.6 Å². The maximum Gasteiger partial charge on any atom is 0.472 e. The predicted molar refractivity (Wildman–Crippen MR) is 334 cm³/mol. The van der Waals surface area contributed by atoms with E-state index in [0.717, 1.165) is 116 Å². The van der Waals surface area contributed by atoms with E-state index >= 15 is 0 Å². The van der Waals surface area contributed by atoms with Crippen LogP contribution in [0.2, 0.25) is 0 Å². The van der Waals surface area contributed by atoms with Gasteiger partial charge in [-0.05, 0) is 116 Å². The number of carbonyl (C=O) groups excluding carboxylic acids is 2. The Hall–Kier alpha value is -4.63. The lowest BCUT2D eigenvalue weighted by atomic mass is 10.0. The molecule has 438 valence electrons. The molecule has 0 aromatic carbocycles. The number of likely N-dealkylation sites (N-methyl/N-ethyl adjacent to an activating group) is 1. The summed E-state index contributed by atoms with van der Waals surface area (Å²) in [5.74, 6) is -0.912. The summed E-state index contributed by atoms with van der Waals surface area (Å²) in [7, 11) is 1.41. The van der Waals surface area contributed by atoms with E-state index < -0.39 is 32.5 Å². The standard InChI is InChI=1S/C68H108NO8P/c1-6-8-10-12-14-16-18-20-21-22-23-24-25-26-27-28-29-30-31-32-33-34-35-36-37-38-39-40-41-42-43-44-45-46-47-49-51-53-55-57-59-61-68(71)77-66(65-76-78(72,73)75-63-62-69(3,4)5)64-74-67(70)60-58-56-54-52-50-48-19-17-15-13-11-9-7-2/h8-11,14-17,20-21,23-24,26-27,29-30,32-33,35-36,38-39,41-42,48,50,54,56,66H,6-7,12-13,18-19,22,25,28,31,34,37,40,43-47,49,51-53,55,57-65H2,1-5H3/p+1/b10-8-,11-9-,16-14-,17-15-,21-20-,24-23-,27-26-,30-29-,33-32-,36-35-,39-38-,42-41-,50-48-,56-54-. The number of hydrogen-bond acceptors (Lipinski definition) is 7. The maximum atomic E-state index is 12.8. The molecule has 0 radical (unpaired) electrons. The number of hydrogen-bond donors (Lipinski definition) is 1. The first-order chi connectivity index (χ1) is 38.0. The maximum absolute atomic E-state index is 12.8. The number of allylic oxidation sites excluding steroid dienone is 28. The average Bonchev–Trinajstić information content (AvgIpc) is 3.40. The van der Waals surface area contributed by atoms with Crippen LogP contribution in [0.15, 0.2) is 170 Å². The highest BCUT2D eigenvalue weighted by molar-refractivity contribution is 7.47. The minimum Gasteiger partial charge on any atom is -0.462 e. The summed E-state index contributed by atoms with van der Waals surface area (Å²) in [6, 6.07) is 0. The van der Waals surface area contributed by atoms with Crippen LogP contribution in [0.5, 0.6) is 0 Å². The zero-order chi connectivity index (χ0) is 57.0. The SMILES string of the molecule is CC/C=C\C/C=C\C/C=C\C/C=C\C/C=C\C/C=C\C/C=C\C/C=C\C/C=C\C/C=C\CCCCCCCCCCCCC(=O)OC(COC(=O)CC/C=C\C/C=C\C/C=C\C/C=C\CC)COP(=O)(O)OCC[N+](C)(C)C. The van der Waals surface area contributed by atoms with E-state index in [1.54, 1.807) is 0 Å². The van der Waals surface area contributed by atoms with Crippen molar-refractivity contribution in [1.29, 1.82) is 0 Å². The monoisotopic (exact) mass is 1100 g/mol. The fraction of sp³-hybridized carbons (Fsp3) is 0.559. The molecule has 0 bridgehead atoms. The molecular formula is C68H109NO8P+. The number of esters is 2. The lowest BCUT2D eigenvalue weighted by Gasteiger charge is -2.24. The molecule has 0 aromatic heterocycles. The minimum absolute atomic E-state index is 0.0117. The largest absolute Gasteiger partial charge is 0.472 e. The van der Waals surface area contributed by atoms with E-state index in [1.807, 2.05) is 33.3 Å². The highest BCUT2D eigenvalue weighted by Gasteiger charge is 2.27. The summed E-state index contributed by atoms with van der Waals surface area (Å²) in [4.78, 5) is 35.5. The molecule has 0 heterocycles. The van der Waals surface area contributed by atoms with E-state index in [1.165, 1.54) is 38.5 Å². The van der Waals surface area contributed by atoms with Crippen LogP contribution in [0.25, 0.3) is 0 Å². The zero-order valence-corrected chi connectivity index (χ0v) is 50.5. The van der Waals surface area contributed by atoms with E-state index in [4.69, 9.17) is 18.5 Å². The third-order valence-electron chi connectivity index (χ3n) is 11.8. The summed E-state index contributed by atoms with van der Waals surface area (Å²) in [5.41, 5.74) is 0. The van der Waals surface area contributed by atoms with Gasteiger partial charge in [-0.2, -0.15) is 0 Å². The number of carbonyl (C=O) groups is 2. The summed E-state index contributed by atoms with van der Waals surface area (Å²) >= 11 is 0. The van der Waals surface area contributed by atoms with Gasteiger partial charge >= 0.3 is 19.8 Å². The first-order valence-corrected chi connectivity index (χ1v) is 31.4. The Balaban J connectivity index is 4.12. The molecule has 0 saturated carbocycles. The highest BCUT2D eigenvalue weighted by atomic mass is 31.2. The molecule has 0 spiro atoms. The van der Waals surface area contributed by atoms with Crippen molar-refractivity contribution in [3.63, 3.8) is 0 Å². The van der Waals surface area contributed by atoms with Crippen LogP contribution < -0.4 is 0 Å². The van der Waals surface area contributed by atoms with Gasteiger partial charge in [0.25, 0.3) is 0 Å². The number of rotatable bonds is 52. The molecule has 2 atom stereocenters. The van der Waals surface area contributed by atoms with E-state index in [0.29, 0.717) is 23.9 Å². The van der Waals surface area contributed by atoms with Crippen molar-refractivity contribution in [2.24, 2.45) is 0 Å². The second-order valence-electron chi connectivity index (χ2n) is 20.3. The lowest BCUT2D eigenvalue weighted by Crippen LogP contribution is -2.37. The van der Waals surface area contributed by atoms with Crippen LogP contribution in [0.4, 0.5) is 0 Å². The van der Waals surface area contributed by atoms with E-state index in [-0.39, 0.29) is 26.1 Å². The van der Waals surface area contributed by atoms with Crippen molar-refractivity contribution in [3.8, 4) is 0 Å². The number of nitrogens with zero attached hydrogens (tertiary/aromatic N) is 1. The van der Waals surface area contributed by atoms with Crippen molar-refractivity contribution >= 4 is 19.8 Å². The Labute approximate surface area is 477 Å². The number of unbranched alkanes of at least 4 members (excludes halogenated alkanes) is 10. The molecule has 0 aliphatic carbocycles. The number of quaternary nitrogens is 1. The van der Waals surface area contributed by atoms with Gasteiger partial charge in [0.1, 0.15) is 19.8 Å². The molecule has 0 fully saturated rings. The normalized spacial score (nSPS) is 14.5. The third kappa shape index (κ3) is 60.6. The molecule has 1 N–H and O–H groups in total. The van der Waals surface area contributed by atoms with Gasteiger partial charge in [-0.1, -0.05) is 235 Å². The Morgan fingerprint density at radius 2 is 0.718 bits per heavy atom. The average molecular weight is 1100 g/mol. The van der Waals surface area contributed by atoms with Crippen molar-refractivity contribution < 1.29 is 42.1 Å². The van der Waals surface area contributed by atoms with E-state index in [2.05, 4.69) is 172 Å². The molecule has 0 saturated heterocycles. The molecule has 10 heteroatoms. The molecule has 0 aliphatic rings. The van der Waals surface area contributed by atoms with Crippen molar-refractivity contribution in [3.05, 3.63) is 170 Å². The van der Waals surface area contributed by atoms with Crippen LogP contribution >= 0.6 is 7.82 Å². The first kappa shape index (κ1) is 73.4. The van der Waals surface area contributed by atoms with Gasteiger partial charge in [0, 0.05) is 12.8 Å². The van der Waals surface area contributed by atoms with E-state index in [9.17, 15) is 19.0 Å². The number of phosphoric acid groups is 1. The van der Waals surface area contributed by atoms with Crippen molar-refractivity contribution in [1.82, 2.24) is 0 Å². The highest BCUT2D eigenvalue weighted by Crippen LogP contribution is 2.43. The Morgan fingerprint density at radius 3 is 1.08 bits per heavy atom. The van der Waals surface area contributed by atoms with Gasteiger partial charge in [-0.25, -0.2) is 4.57 Å². The summed E-state index contributed by atoms with van der Waals surface area (Å²) in [6.07, 6.45) is 87.5. The molecular weight excluding hydrogens is 990 g/mol. The quantitative estimate of drug-likeness (QED) is 0.0211. The first-order valence-electron chi connectivity index (χ1n) is 29.9. The fourth-order valence-electron chi connectivity index (χ4n) is 7.23. The van der Waals surface area contributed by atoms with Gasteiger partial charge in [0.05, 0.1) is 27.7 Å². The smallest absolute Gasteiger partial charge is 0.462 e. The van der Waals surface area contributed by atoms with Crippen LogP contribution in [0, 0.1) is 0 Å². The third-order valence-corrected chi connectivity index (χ3v) is 12.7. The van der Waals surface area contributed by atoms with Crippen molar-refractivity contribution in [2.75, 3.05) is 47.5 Å². The fourth-order valence-corrected chi connectivity index (χ4v) is 7.97. The molecule has 9 nitrogen and oxygen atoms in total. The molecule has 78 heavy (non-hydrogen) atoms. The molecule has 0 rings (SSSR count). The minimum atomic E-state index is -4.41. The Kier molecular flexibility index (Phi) is 53.7. The van der Waals surface area contributed by atoms with Crippen LogP contribution in [-0.4, -0.2) is 74.9 Å². The predicted octanol–water partition coefficient (Wildman–Crippen LogP) is 19.0. The topological polar surface area (TPSA) is 108 Å². The second kappa shape index (κ2) is 57.1.